The Hall–Kier alpha value is -3.27. The summed E-state index contributed by atoms with van der Waals surface area (Å²) >= 11 is 0. The van der Waals surface area contributed by atoms with Crippen LogP contribution in [0.5, 0.6) is 11.5 Å². The second kappa shape index (κ2) is 7.39. The molecular formula is C24H22O4. The fourth-order valence-electron chi connectivity index (χ4n) is 3.98. The van der Waals surface area contributed by atoms with Gasteiger partial charge in [0.15, 0.2) is 11.5 Å². The average molecular weight is 374 g/mol. The number of methoxy groups -OCH3 is 2. The van der Waals surface area contributed by atoms with E-state index >= 15 is 0 Å². The van der Waals surface area contributed by atoms with E-state index in [1.807, 2.05) is 6.07 Å². The zero-order valence-corrected chi connectivity index (χ0v) is 16.0. The third-order valence-electron chi connectivity index (χ3n) is 5.30. The number of carbonyl (C=O) groups is 1. The van der Waals surface area contributed by atoms with Crippen LogP contribution in [0.2, 0.25) is 0 Å². The van der Waals surface area contributed by atoms with Gasteiger partial charge < -0.3 is 14.6 Å². The molecule has 28 heavy (non-hydrogen) atoms. The van der Waals surface area contributed by atoms with E-state index in [4.69, 9.17) is 9.47 Å². The summed E-state index contributed by atoms with van der Waals surface area (Å²) in [6.45, 7) is 0. The maximum Gasteiger partial charge on any atom is 0.307 e. The van der Waals surface area contributed by atoms with Gasteiger partial charge in [0.25, 0.3) is 0 Å². The highest BCUT2D eigenvalue weighted by atomic mass is 16.5. The molecule has 4 rings (SSSR count). The first-order chi connectivity index (χ1) is 13.6. The molecule has 0 amide bonds. The SMILES string of the molecule is COc1cc(CC(=O)O)c(Cc2ccc3c(c2)Cc2ccccc2-3)cc1OC. The Kier molecular flexibility index (Phi) is 4.78. The molecule has 3 aromatic carbocycles. The Morgan fingerprint density at radius 1 is 0.893 bits per heavy atom. The molecule has 3 aromatic rings. The Balaban J connectivity index is 1.69. The van der Waals surface area contributed by atoms with Crippen molar-refractivity contribution in [1.82, 2.24) is 0 Å². The van der Waals surface area contributed by atoms with E-state index in [1.165, 1.54) is 22.3 Å². The molecule has 0 unspecified atom stereocenters. The van der Waals surface area contributed by atoms with Crippen LogP contribution in [-0.4, -0.2) is 25.3 Å². The van der Waals surface area contributed by atoms with Crippen molar-refractivity contribution >= 4 is 5.97 Å². The van der Waals surface area contributed by atoms with Crippen LogP contribution in [0, 0.1) is 0 Å². The second-order valence-electron chi connectivity index (χ2n) is 7.05. The van der Waals surface area contributed by atoms with Gasteiger partial charge in [0.05, 0.1) is 20.6 Å². The molecule has 0 aromatic heterocycles. The van der Waals surface area contributed by atoms with Gasteiger partial charge in [0.2, 0.25) is 0 Å². The van der Waals surface area contributed by atoms with Gasteiger partial charge in [0, 0.05) is 0 Å². The van der Waals surface area contributed by atoms with Crippen molar-refractivity contribution < 1.29 is 19.4 Å². The van der Waals surface area contributed by atoms with E-state index in [1.54, 1.807) is 20.3 Å². The molecule has 0 saturated heterocycles. The van der Waals surface area contributed by atoms with E-state index in [0.717, 1.165) is 23.1 Å². The highest BCUT2D eigenvalue weighted by Crippen LogP contribution is 2.38. The summed E-state index contributed by atoms with van der Waals surface area (Å²) in [4.78, 5) is 11.3. The number of carboxylic acid groups (broad SMARTS) is 1. The maximum absolute atomic E-state index is 11.3. The molecule has 4 nitrogen and oxygen atoms in total. The number of hydrogen-bond donors (Lipinski definition) is 1. The lowest BCUT2D eigenvalue weighted by Gasteiger charge is -2.15. The van der Waals surface area contributed by atoms with Crippen molar-refractivity contribution in [1.29, 1.82) is 0 Å². The lowest BCUT2D eigenvalue weighted by atomic mass is 9.95. The Morgan fingerprint density at radius 2 is 1.57 bits per heavy atom. The Bertz CT molecular complexity index is 1050. The van der Waals surface area contributed by atoms with E-state index < -0.39 is 5.97 Å². The molecule has 1 N–H and O–H groups in total. The van der Waals surface area contributed by atoms with E-state index in [-0.39, 0.29) is 6.42 Å². The molecule has 1 aliphatic carbocycles. The number of benzene rings is 3. The molecule has 0 aliphatic heterocycles. The van der Waals surface area contributed by atoms with Gasteiger partial charge in [-0.25, -0.2) is 0 Å². The zero-order valence-electron chi connectivity index (χ0n) is 16.0. The van der Waals surface area contributed by atoms with E-state index in [2.05, 4.69) is 42.5 Å². The van der Waals surface area contributed by atoms with Crippen LogP contribution < -0.4 is 9.47 Å². The third kappa shape index (κ3) is 3.33. The minimum absolute atomic E-state index is 0.0495. The monoisotopic (exact) mass is 374 g/mol. The van der Waals surface area contributed by atoms with Gasteiger partial charge in [-0.2, -0.15) is 0 Å². The first-order valence-corrected chi connectivity index (χ1v) is 9.24. The fraction of sp³-hybridized carbons (Fsp3) is 0.208. The number of carboxylic acids is 1. The van der Waals surface area contributed by atoms with Crippen LogP contribution >= 0.6 is 0 Å². The summed E-state index contributed by atoms with van der Waals surface area (Å²) in [6, 6.07) is 18.7. The Labute approximate surface area is 164 Å². The van der Waals surface area contributed by atoms with Crippen LogP contribution in [0.25, 0.3) is 11.1 Å². The highest BCUT2D eigenvalue weighted by Gasteiger charge is 2.19. The molecule has 0 saturated carbocycles. The molecule has 0 heterocycles. The standard InChI is InChI=1S/C24H22O4/c1-27-22-12-17(18(14-24(25)26)13-23(22)28-2)9-15-7-8-21-19(10-15)11-16-5-3-4-6-20(16)21/h3-8,10,12-13H,9,11,14H2,1-2H3,(H,25,26). The normalized spacial score (nSPS) is 11.6. The lowest BCUT2D eigenvalue weighted by molar-refractivity contribution is -0.136. The minimum Gasteiger partial charge on any atom is -0.493 e. The highest BCUT2D eigenvalue weighted by molar-refractivity contribution is 5.77. The third-order valence-corrected chi connectivity index (χ3v) is 5.30. The quantitative estimate of drug-likeness (QED) is 0.540. The minimum atomic E-state index is -0.863. The molecule has 1 aliphatic rings. The molecule has 0 spiro atoms. The molecular weight excluding hydrogens is 352 g/mol. The van der Waals surface area contributed by atoms with Crippen LogP contribution in [-0.2, 0) is 24.1 Å². The van der Waals surface area contributed by atoms with Gasteiger partial charge in [-0.05, 0) is 63.9 Å². The molecule has 0 bridgehead atoms. The number of ether oxygens (including phenoxy) is 2. The Morgan fingerprint density at radius 3 is 2.29 bits per heavy atom. The summed E-state index contributed by atoms with van der Waals surface area (Å²) in [6.07, 6.45) is 1.53. The summed E-state index contributed by atoms with van der Waals surface area (Å²) < 4.78 is 10.8. The summed E-state index contributed by atoms with van der Waals surface area (Å²) in [5.74, 6) is 0.296. The molecule has 4 heteroatoms. The average Bonchev–Trinajstić information content (AvgIpc) is 3.06. The van der Waals surface area contributed by atoms with Gasteiger partial charge in [-0.3, -0.25) is 4.79 Å². The topological polar surface area (TPSA) is 55.8 Å². The summed E-state index contributed by atoms with van der Waals surface area (Å²) in [7, 11) is 3.14. The van der Waals surface area contributed by atoms with Crippen LogP contribution in [0.4, 0.5) is 0 Å². The van der Waals surface area contributed by atoms with Crippen molar-refractivity contribution in [3.63, 3.8) is 0 Å². The molecule has 0 fully saturated rings. The number of hydrogen-bond acceptors (Lipinski definition) is 3. The molecule has 0 atom stereocenters. The first kappa shape index (κ1) is 18.1. The smallest absolute Gasteiger partial charge is 0.307 e. The van der Waals surface area contributed by atoms with Gasteiger partial charge in [0.1, 0.15) is 0 Å². The van der Waals surface area contributed by atoms with Crippen LogP contribution in [0.15, 0.2) is 54.6 Å². The molecule has 0 radical (unpaired) electrons. The van der Waals surface area contributed by atoms with E-state index in [0.29, 0.717) is 17.9 Å². The van der Waals surface area contributed by atoms with Crippen molar-refractivity contribution in [3.05, 3.63) is 82.4 Å². The fourth-order valence-corrected chi connectivity index (χ4v) is 3.98. The van der Waals surface area contributed by atoms with Crippen LogP contribution in [0.1, 0.15) is 27.8 Å². The van der Waals surface area contributed by atoms with Gasteiger partial charge >= 0.3 is 5.97 Å². The van der Waals surface area contributed by atoms with Crippen molar-refractivity contribution in [3.8, 4) is 22.6 Å². The molecule has 142 valence electrons. The predicted octanol–water partition coefficient (Wildman–Crippen LogP) is 4.49. The van der Waals surface area contributed by atoms with Crippen molar-refractivity contribution in [2.45, 2.75) is 19.3 Å². The summed E-state index contributed by atoms with van der Waals surface area (Å²) in [5, 5.41) is 9.30. The zero-order chi connectivity index (χ0) is 19.7. The lowest BCUT2D eigenvalue weighted by Crippen LogP contribution is -2.06. The second-order valence-corrected chi connectivity index (χ2v) is 7.05. The van der Waals surface area contributed by atoms with E-state index in [9.17, 15) is 9.90 Å². The number of aliphatic carboxylic acids is 1. The first-order valence-electron chi connectivity index (χ1n) is 9.24. The number of rotatable bonds is 6. The summed E-state index contributed by atoms with van der Waals surface area (Å²) in [5.41, 5.74) is 8.11. The van der Waals surface area contributed by atoms with Gasteiger partial charge in [-0.15, -0.1) is 0 Å². The number of fused-ring (bicyclic) bond motifs is 3. The van der Waals surface area contributed by atoms with Crippen molar-refractivity contribution in [2.24, 2.45) is 0 Å². The maximum atomic E-state index is 11.3. The van der Waals surface area contributed by atoms with Crippen molar-refractivity contribution in [2.75, 3.05) is 14.2 Å². The van der Waals surface area contributed by atoms with Crippen LogP contribution in [0.3, 0.4) is 0 Å². The van der Waals surface area contributed by atoms with Gasteiger partial charge in [-0.1, -0.05) is 42.5 Å². The largest absolute Gasteiger partial charge is 0.493 e. The predicted molar refractivity (Wildman–Crippen MR) is 108 cm³/mol.